The molecule has 3 heterocycles. The first-order valence-electron chi connectivity index (χ1n) is 13.9. The average Bonchev–Trinajstić information content (AvgIpc) is 3.40. The van der Waals surface area contributed by atoms with Crippen molar-refractivity contribution in [2.24, 2.45) is 0 Å². The van der Waals surface area contributed by atoms with Crippen LogP contribution >= 0.6 is 0 Å². The van der Waals surface area contributed by atoms with Crippen LogP contribution in [0.5, 0.6) is 0 Å². The fourth-order valence-corrected chi connectivity index (χ4v) is 5.49. The molecule has 2 aliphatic rings. The van der Waals surface area contributed by atoms with Crippen LogP contribution in [0.15, 0.2) is 54.7 Å². The first kappa shape index (κ1) is 26.2. The number of anilines is 4. The van der Waals surface area contributed by atoms with E-state index in [2.05, 4.69) is 49.6 Å². The van der Waals surface area contributed by atoms with Crippen molar-refractivity contribution in [3.05, 3.63) is 71.7 Å². The number of ketones is 1. The van der Waals surface area contributed by atoms with Gasteiger partial charge in [-0.25, -0.2) is 4.39 Å². The van der Waals surface area contributed by atoms with Gasteiger partial charge in [-0.15, -0.1) is 0 Å². The van der Waals surface area contributed by atoms with Crippen molar-refractivity contribution in [3.63, 3.8) is 0 Å². The van der Waals surface area contributed by atoms with Crippen LogP contribution < -0.4 is 15.5 Å². The molecule has 0 radical (unpaired) electrons. The number of benzene rings is 2. The van der Waals surface area contributed by atoms with Crippen molar-refractivity contribution < 1.29 is 14.3 Å². The van der Waals surface area contributed by atoms with Crippen molar-refractivity contribution in [3.8, 4) is 0 Å². The quantitative estimate of drug-likeness (QED) is 0.252. The number of carbonyl (C=O) groups is 1. The van der Waals surface area contributed by atoms with Gasteiger partial charge in [0.05, 0.1) is 17.1 Å². The van der Waals surface area contributed by atoms with E-state index < -0.39 is 5.82 Å². The highest BCUT2D eigenvalue weighted by molar-refractivity contribution is 6.18. The van der Waals surface area contributed by atoms with E-state index in [0.29, 0.717) is 46.8 Å². The molecule has 1 aliphatic carbocycles. The van der Waals surface area contributed by atoms with Crippen molar-refractivity contribution in [1.82, 2.24) is 19.9 Å². The van der Waals surface area contributed by atoms with E-state index in [1.807, 2.05) is 12.1 Å². The highest BCUT2D eigenvalue weighted by atomic mass is 19.1. The minimum absolute atomic E-state index is 0.112. The summed E-state index contributed by atoms with van der Waals surface area (Å²) in [6.07, 6.45) is 4.38. The largest absolute Gasteiger partial charge is 0.393 e. The second kappa shape index (κ2) is 11.2. The Bertz CT molecular complexity index is 1470. The number of fused-ring (bicyclic) bond motifs is 1. The van der Waals surface area contributed by atoms with Crippen LogP contribution in [0.2, 0.25) is 0 Å². The molecule has 1 saturated heterocycles. The predicted octanol–water partition coefficient (Wildman–Crippen LogP) is 4.54. The Hall–Kier alpha value is -4.02. The van der Waals surface area contributed by atoms with Gasteiger partial charge in [-0.2, -0.15) is 9.97 Å². The molecule has 1 saturated carbocycles. The molecule has 6 rings (SSSR count). The van der Waals surface area contributed by atoms with Crippen LogP contribution in [0.25, 0.3) is 11.0 Å². The molecular weight excluding hydrogens is 509 g/mol. The van der Waals surface area contributed by atoms with Gasteiger partial charge in [0.1, 0.15) is 17.3 Å². The zero-order chi connectivity index (χ0) is 27.6. The predicted molar refractivity (Wildman–Crippen MR) is 155 cm³/mol. The minimum atomic E-state index is -0.395. The molecule has 2 fully saturated rings. The summed E-state index contributed by atoms with van der Waals surface area (Å²) in [4.78, 5) is 30.7. The van der Waals surface area contributed by atoms with Crippen molar-refractivity contribution >= 4 is 40.0 Å². The standard InChI is InChI=1S/C30H34FN7O2/c1-37-14-16-38(17-15-37)23-10-6-22(7-11-23)34-30-35-28-26(29(36-30)33-21-8-12-24(39)13-9-21)25(18-32-28)27(40)19-2-4-20(31)5-3-19/h2-7,10-11,18,21,24,39H,8-9,12-17H2,1H3,(H3,32,33,34,35,36). The number of nitrogens with zero attached hydrogens (tertiary/aromatic N) is 4. The third-order valence-corrected chi connectivity index (χ3v) is 7.91. The zero-order valence-electron chi connectivity index (χ0n) is 22.5. The van der Waals surface area contributed by atoms with Crippen molar-refractivity contribution in [1.29, 1.82) is 0 Å². The minimum Gasteiger partial charge on any atom is -0.393 e. The number of hydrogen-bond acceptors (Lipinski definition) is 8. The molecule has 4 aromatic rings. The van der Waals surface area contributed by atoms with Crippen LogP contribution in [0.4, 0.5) is 27.5 Å². The fourth-order valence-electron chi connectivity index (χ4n) is 5.49. The van der Waals surface area contributed by atoms with E-state index in [-0.39, 0.29) is 17.9 Å². The molecular formula is C30H34FN7O2. The third-order valence-electron chi connectivity index (χ3n) is 7.91. The molecule has 0 unspecified atom stereocenters. The Morgan fingerprint density at radius 3 is 2.38 bits per heavy atom. The lowest BCUT2D eigenvalue weighted by molar-refractivity contribution is 0.104. The number of aliphatic hydroxyl groups excluding tert-OH is 1. The summed E-state index contributed by atoms with van der Waals surface area (Å²) in [5.41, 5.74) is 3.37. The lowest BCUT2D eigenvalue weighted by atomic mass is 9.93. The Balaban J connectivity index is 1.29. The van der Waals surface area contributed by atoms with Gasteiger partial charge in [0.2, 0.25) is 5.95 Å². The van der Waals surface area contributed by atoms with E-state index in [1.54, 1.807) is 6.20 Å². The second-order valence-electron chi connectivity index (χ2n) is 10.8. The zero-order valence-corrected chi connectivity index (χ0v) is 22.5. The monoisotopic (exact) mass is 543 g/mol. The van der Waals surface area contributed by atoms with Gasteiger partial charge in [-0.3, -0.25) is 4.79 Å². The molecule has 0 atom stereocenters. The number of piperazine rings is 1. The number of halogens is 1. The lowest BCUT2D eigenvalue weighted by Gasteiger charge is -2.34. The van der Waals surface area contributed by atoms with Gasteiger partial charge in [0.15, 0.2) is 5.78 Å². The number of carbonyl (C=O) groups excluding carboxylic acids is 1. The first-order chi connectivity index (χ1) is 19.4. The number of aliphatic hydroxyl groups is 1. The van der Waals surface area contributed by atoms with E-state index in [4.69, 9.17) is 4.98 Å². The van der Waals surface area contributed by atoms with Crippen LogP contribution in [0.1, 0.15) is 41.6 Å². The van der Waals surface area contributed by atoms with Crippen LogP contribution in [-0.4, -0.2) is 76.1 Å². The summed E-state index contributed by atoms with van der Waals surface area (Å²) in [5.74, 6) is 0.320. The number of nitrogens with one attached hydrogen (secondary N) is 3. The Morgan fingerprint density at radius 1 is 0.975 bits per heavy atom. The summed E-state index contributed by atoms with van der Waals surface area (Å²) in [5, 5.41) is 17.4. The SMILES string of the molecule is CN1CCN(c2ccc(Nc3nc(NC4CCC(O)CC4)c4c(C(=O)c5ccc(F)cc5)c[nH]c4n3)cc2)CC1. The van der Waals surface area contributed by atoms with Crippen molar-refractivity contribution in [2.75, 3.05) is 48.8 Å². The maximum absolute atomic E-state index is 13.5. The topological polar surface area (TPSA) is 109 Å². The lowest BCUT2D eigenvalue weighted by Crippen LogP contribution is -2.44. The maximum atomic E-state index is 13.5. The number of aromatic nitrogens is 3. The summed E-state index contributed by atoms with van der Waals surface area (Å²) in [7, 11) is 2.15. The molecule has 4 N–H and O–H groups in total. The normalized spacial score (nSPS) is 20.0. The van der Waals surface area contributed by atoms with Gasteiger partial charge in [0, 0.05) is 55.4 Å². The highest BCUT2D eigenvalue weighted by Gasteiger charge is 2.24. The molecule has 0 bridgehead atoms. The molecule has 1 aliphatic heterocycles. The molecule has 40 heavy (non-hydrogen) atoms. The van der Waals surface area contributed by atoms with Gasteiger partial charge in [-0.1, -0.05) is 0 Å². The molecule has 2 aromatic heterocycles. The smallest absolute Gasteiger partial charge is 0.231 e. The first-order valence-corrected chi connectivity index (χ1v) is 13.9. The van der Waals surface area contributed by atoms with Gasteiger partial charge in [0.25, 0.3) is 0 Å². The molecule has 2 aromatic carbocycles. The fraction of sp³-hybridized carbons (Fsp3) is 0.367. The second-order valence-corrected chi connectivity index (χ2v) is 10.8. The van der Waals surface area contributed by atoms with Crippen LogP contribution in [0, 0.1) is 5.82 Å². The summed E-state index contributed by atoms with van der Waals surface area (Å²) < 4.78 is 13.5. The van der Waals surface area contributed by atoms with Crippen molar-refractivity contribution in [2.45, 2.75) is 37.8 Å². The number of likely N-dealkylation sites (N-methyl/N-ethyl adjacent to an activating group) is 1. The molecule has 0 spiro atoms. The third kappa shape index (κ3) is 5.64. The molecule has 208 valence electrons. The van der Waals surface area contributed by atoms with Gasteiger partial charge < -0.3 is 30.5 Å². The number of H-pyrrole nitrogens is 1. The van der Waals surface area contributed by atoms with Crippen LogP contribution in [0.3, 0.4) is 0 Å². The summed E-state index contributed by atoms with van der Waals surface area (Å²) in [6, 6.07) is 13.9. The molecule has 10 heteroatoms. The summed E-state index contributed by atoms with van der Waals surface area (Å²) >= 11 is 0. The van der Waals surface area contributed by atoms with E-state index in [9.17, 15) is 14.3 Å². The van der Waals surface area contributed by atoms with Crippen LogP contribution in [-0.2, 0) is 0 Å². The Labute approximate surface area is 232 Å². The number of aromatic amines is 1. The van der Waals surface area contributed by atoms with E-state index in [1.165, 1.54) is 30.0 Å². The Morgan fingerprint density at radius 2 is 1.68 bits per heavy atom. The average molecular weight is 544 g/mol. The summed E-state index contributed by atoms with van der Waals surface area (Å²) in [6.45, 7) is 4.10. The Kier molecular flexibility index (Phi) is 7.36. The van der Waals surface area contributed by atoms with E-state index in [0.717, 1.165) is 44.7 Å². The highest BCUT2D eigenvalue weighted by Crippen LogP contribution is 2.31. The molecule has 9 nitrogen and oxygen atoms in total. The van der Waals surface area contributed by atoms with Gasteiger partial charge in [-0.05, 0) is 81.3 Å². The maximum Gasteiger partial charge on any atom is 0.231 e. The number of hydrogen-bond donors (Lipinski definition) is 4. The van der Waals surface area contributed by atoms with E-state index >= 15 is 0 Å². The van der Waals surface area contributed by atoms with Gasteiger partial charge >= 0.3 is 0 Å². The molecule has 0 amide bonds. The number of rotatable bonds is 7.